The van der Waals surface area contributed by atoms with Crippen molar-refractivity contribution in [3.63, 3.8) is 0 Å². The molecule has 0 aliphatic heterocycles. The number of hydrogen-bond donors (Lipinski definition) is 1. The number of nitriles is 1. The Hall–Kier alpha value is -5.80. The summed E-state index contributed by atoms with van der Waals surface area (Å²) in [6.07, 6.45) is 7.87. The number of nitrogens with one attached hydrogen (secondary N) is 1. The molecule has 314 valence electrons. The molecule has 0 spiro atoms. The number of amides is 1. The van der Waals surface area contributed by atoms with Crippen molar-refractivity contribution in [3.05, 3.63) is 162 Å². The number of rotatable bonds is 18. The van der Waals surface area contributed by atoms with Gasteiger partial charge in [0.1, 0.15) is 17.7 Å². The molecule has 0 saturated carbocycles. The van der Waals surface area contributed by atoms with Gasteiger partial charge in [0.2, 0.25) is 0 Å². The highest BCUT2D eigenvalue weighted by atomic mass is 31.2. The quantitative estimate of drug-likeness (QED) is 0.0386. The predicted octanol–water partition coefficient (Wildman–Crippen LogP) is 9.87. The Bertz CT molecular complexity index is 2360. The fourth-order valence-electron chi connectivity index (χ4n) is 7.88. The van der Waals surface area contributed by atoms with Gasteiger partial charge >= 0.3 is 0 Å². The number of carbonyl (C=O) groups is 1. The molecule has 2 aromatic heterocycles. The second-order valence-corrected chi connectivity index (χ2v) is 16.8. The zero-order valence-electron chi connectivity index (χ0n) is 35.2. The molecule has 0 bridgehead atoms. The van der Waals surface area contributed by atoms with Gasteiger partial charge in [-0.15, -0.1) is 0 Å². The maximum absolute atomic E-state index is 13.1. The van der Waals surface area contributed by atoms with Gasteiger partial charge in [-0.05, 0) is 75.1 Å². The number of nitrogens with zero attached hydrogens (tertiary/aromatic N) is 6. The van der Waals surface area contributed by atoms with Crippen molar-refractivity contribution in [1.29, 1.82) is 5.26 Å². The van der Waals surface area contributed by atoms with Crippen LogP contribution in [0.5, 0.6) is 5.75 Å². The van der Waals surface area contributed by atoms with Gasteiger partial charge < -0.3 is 28.4 Å². The van der Waals surface area contributed by atoms with E-state index in [1.807, 2.05) is 71.3 Å². The summed E-state index contributed by atoms with van der Waals surface area (Å²) in [5.41, 5.74) is 3.49. The van der Waals surface area contributed by atoms with E-state index in [1.54, 1.807) is 25.6 Å². The molecular weight excluding hydrogens is 786 g/mol. The fourth-order valence-corrected chi connectivity index (χ4v) is 9.66. The van der Waals surface area contributed by atoms with Gasteiger partial charge in [-0.1, -0.05) is 103 Å². The standard InChI is InChI=1S/C48H52N7O5P/c1-34(2)55(35(3)4)61(59-29-15-28-49)60-43-30-41(54-33-52-44-45(50-32-51-46(44)54)53-47(56)36-16-9-6-10-17-36)25-22-37(43)31-58-48(38-18-11-7-12-19-38,39-20-13-8-14-21-39)40-23-26-42(57-5)27-24-40/h6-14,16-27,32-35,37,41,43H,15,29-31H2,1-5H3,(H,50,51,53,56)/t37-,41-,43+,61?/m0/s1. The molecule has 2 heterocycles. The number of aromatic nitrogens is 4. The summed E-state index contributed by atoms with van der Waals surface area (Å²) in [6, 6.07) is 39.8. The Kier molecular flexibility index (Phi) is 14.3. The first-order chi connectivity index (χ1) is 29.7. The SMILES string of the molecule is COc1ccc(C(OC[C@@H]2C=C[C@H](n3cnc4c(NC(=O)c5ccccc5)ncnc43)C[C@H]2OP(OCCC#N)N(C(C)C)C(C)C)(c2ccccc2)c2ccccc2)cc1. The van der Waals surface area contributed by atoms with E-state index in [0.717, 1.165) is 22.4 Å². The minimum Gasteiger partial charge on any atom is -0.497 e. The van der Waals surface area contributed by atoms with Gasteiger partial charge in [0, 0.05) is 23.6 Å². The third kappa shape index (κ3) is 9.73. The lowest BCUT2D eigenvalue weighted by atomic mass is 9.79. The van der Waals surface area contributed by atoms with Crippen LogP contribution in [0.1, 0.15) is 73.6 Å². The molecule has 4 atom stereocenters. The summed E-state index contributed by atoms with van der Waals surface area (Å²) < 4.78 is 30.9. The molecule has 4 aromatic carbocycles. The van der Waals surface area contributed by atoms with E-state index >= 15 is 0 Å². The third-order valence-electron chi connectivity index (χ3n) is 10.8. The van der Waals surface area contributed by atoms with Gasteiger partial charge in [0.05, 0.1) is 51.3 Å². The van der Waals surface area contributed by atoms with Crippen molar-refractivity contribution >= 4 is 31.4 Å². The minimum atomic E-state index is -1.61. The number of allylic oxidation sites excluding steroid dienone is 1. The van der Waals surface area contributed by atoms with Crippen molar-refractivity contribution in [2.24, 2.45) is 5.92 Å². The van der Waals surface area contributed by atoms with Crippen molar-refractivity contribution in [3.8, 4) is 11.8 Å². The van der Waals surface area contributed by atoms with Gasteiger partial charge in [0.25, 0.3) is 14.4 Å². The molecule has 1 unspecified atom stereocenters. The summed E-state index contributed by atoms with van der Waals surface area (Å²) in [4.78, 5) is 26.9. The number of ether oxygens (including phenoxy) is 2. The molecule has 0 saturated heterocycles. The van der Waals surface area contributed by atoms with Crippen LogP contribution >= 0.6 is 8.53 Å². The predicted molar refractivity (Wildman–Crippen MR) is 238 cm³/mol. The first-order valence-corrected chi connectivity index (χ1v) is 21.7. The molecule has 1 amide bonds. The normalized spacial score (nSPS) is 17.1. The molecule has 0 fully saturated rings. The average molecular weight is 838 g/mol. The summed E-state index contributed by atoms with van der Waals surface area (Å²) in [5.74, 6) is 0.565. The van der Waals surface area contributed by atoms with Crippen LogP contribution in [0.25, 0.3) is 11.2 Å². The van der Waals surface area contributed by atoms with Crippen LogP contribution in [-0.4, -0.2) is 68.6 Å². The molecule has 7 rings (SSSR count). The van der Waals surface area contributed by atoms with Crippen LogP contribution in [0.4, 0.5) is 5.82 Å². The maximum Gasteiger partial charge on any atom is 0.259 e. The number of carbonyl (C=O) groups excluding carboxylic acids is 1. The Labute approximate surface area is 359 Å². The number of imidazole rings is 1. The molecule has 6 aromatic rings. The highest BCUT2D eigenvalue weighted by Crippen LogP contribution is 2.50. The van der Waals surface area contributed by atoms with Crippen LogP contribution < -0.4 is 10.1 Å². The molecular formula is C48H52N7O5P. The Morgan fingerprint density at radius 3 is 2.10 bits per heavy atom. The van der Waals surface area contributed by atoms with Crippen molar-refractivity contribution in [2.75, 3.05) is 25.6 Å². The van der Waals surface area contributed by atoms with Crippen molar-refractivity contribution in [1.82, 2.24) is 24.2 Å². The van der Waals surface area contributed by atoms with Crippen LogP contribution in [-0.2, 0) is 19.4 Å². The zero-order chi connectivity index (χ0) is 42.8. The Morgan fingerprint density at radius 1 is 0.869 bits per heavy atom. The second kappa shape index (κ2) is 20.2. The van der Waals surface area contributed by atoms with Crippen LogP contribution in [0, 0.1) is 17.2 Å². The average Bonchev–Trinajstić information content (AvgIpc) is 3.73. The van der Waals surface area contributed by atoms with E-state index in [9.17, 15) is 10.1 Å². The lowest BCUT2D eigenvalue weighted by Gasteiger charge is -2.42. The third-order valence-corrected chi connectivity index (χ3v) is 12.9. The summed E-state index contributed by atoms with van der Waals surface area (Å²) >= 11 is 0. The lowest BCUT2D eigenvalue weighted by Crippen LogP contribution is -2.40. The van der Waals surface area contributed by atoms with Gasteiger partial charge in [-0.3, -0.25) is 4.79 Å². The van der Waals surface area contributed by atoms with Crippen molar-refractivity contribution in [2.45, 2.75) is 70.4 Å². The van der Waals surface area contributed by atoms with E-state index in [1.165, 1.54) is 6.33 Å². The zero-order valence-corrected chi connectivity index (χ0v) is 36.1. The van der Waals surface area contributed by atoms with Crippen LogP contribution in [0.2, 0.25) is 0 Å². The van der Waals surface area contributed by atoms with E-state index < -0.39 is 20.2 Å². The smallest absolute Gasteiger partial charge is 0.259 e. The molecule has 1 aliphatic carbocycles. The molecule has 1 N–H and O–H groups in total. The fraction of sp³-hybridized carbons (Fsp3) is 0.312. The molecule has 0 radical (unpaired) electrons. The summed E-state index contributed by atoms with van der Waals surface area (Å²) in [7, 11) is 0.0559. The number of hydrogen-bond acceptors (Lipinski definition) is 10. The highest BCUT2D eigenvalue weighted by Gasteiger charge is 2.41. The molecule has 1 aliphatic rings. The summed E-state index contributed by atoms with van der Waals surface area (Å²) in [6.45, 7) is 9.05. The van der Waals surface area contributed by atoms with Crippen molar-refractivity contribution < 1.29 is 23.3 Å². The van der Waals surface area contributed by atoms with Gasteiger partial charge in [-0.25, -0.2) is 19.6 Å². The van der Waals surface area contributed by atoms with E-state index in [0.29, 0.717) is 29.0 Å². The van der Waals surface area contributed by atoms with Crippen LogP contribution in [0.3, 0.4) is 0 Å². The monoisotopic (exact) mass is 837 g/mol. The number of benzene rings is 4. The minimum absolute atomic E-state index is 0.107. The first kappa shape index (κ1) is 43.3. The Balaban J connectivity index is 1.28. The first-order valence-electron chi connectivity index (χ1n) is 20.6. The topological polar surface area (TPSA) is 137 Å². The van der Waals surface area contributed by atoms with Crippen LogP contribution in [0.15, 0.2) is 140 Å². The largest absolute Gasteiger partial charge is 0.497 e. The summed E-state index contributed by atoms with van der Waals surface area (Å²) in [5, 5.41) is 12.4. The lowest BCUT2D eigenvalue weighted by molar-refractivity contribution is -0.0282. The molecule has 12 nitrogen and oxygen atoms in total. The van der Waals surface area contributed by atoms with Gasteiger partial charge in [-0.2, -0.15) is 5.26 Å². The highest BCUT2D eigenvalue weighted by molar-refractivity contribution is 7.44. The molecule has 13 heteroatoms. The van der Waals surface area contributed by atoms with E-state index in [4.69, 9.17) is 23.5 Å². The number of anilines is 1. The molecule has 61 heavy (non-hydrogen) atoms. The van der Waals surface area contributed by atoms with Gasteiger partial charge in [0.15, 0.2) is 17.0 Å². The maximum atomic E-state index is 13.1. The number of fused-ring (bicyclic) bond motifs is 1. The van der Waals surface area contributed by atoms with E-state index in [2.05, 4.69) is 102 Å². The second-order valence-electron chi connectivity index (χ2n) is 15.4. The Morgan fingerprint density at radius 2 is 1.49 bits per heavy atom. The van der Waals surface area contributed by atoms with E-state index in [-0.39, 0.29) is 49.6 Å². The number of methoxy groups -OCH3 is 1.